The molecular weight excluding hydrogens is 150 g/mol. The van der Waals surface area contributed by atoms with E-state index in [-0.39, 0.29) is 0 Å². The van der Waals surface area contributed by atoms with E-state index in [0.717, 1.165) is 6.54 Å². The van der Waals surface area contributed by atoms with E-state index in [0.29, 0.717) is 24.3 Å². The number of hydrogen-bond acceptors (Lipinski definition) is 2. The second kappa shape index (κ2) is 4.04. The lowest BCUT2D eigenvalue weighted by atomic mass is 10.2. The molecule has 0 saturated carbocycles. The standard InChI is InChI=1S/C10H19NO/c1-8-4-5-9(2)11(8)7-6-10(3)12/h8-9H,4-7H2,1-3H3. The van der Waals surface area contributed by atoms with Crippen molar-refractivity contribution in [3.63, 3.8) is 0 Å². The molecule has 2 nitrogen and oxygen atoms in total. The van der Waals surface area contributed by atoms with E-state index in [2.05, 4.69) is 18.7 Å². The van der Waals surface area contributed by atoms with Gasteiger partial charge in [0.1, 0.15) is 5.78 Å². The largest absolute Gasteiger partial charge is 0.300 e. The van der Waals surface area contributed by atoms with Crippen molar-refractivity contribution in [3.05, 3.63) is 0 Å². The first-order valence-electron chi connectivity index (χ1n) is 4.86. The lowest BCUT2D eigenvalue weighted by Gasteiger charge is -2.25. The van der Waals surface area contributed by atoms with Crippen molar-refractivity contribution in [1.82, 2.24) is 4.90 Å². The van der Waals surface area contributed by atoms with E-state index in [1.54, 1.807) is 6.92 Å². The van der Waals surface area contributed by atoms with Gasteiger partial charge in [0.15, 0.2) is 0 Å². The number of carbonyl (C=O) groups excluding carboxylic acids is 1. The third kappa shape index (κ3) is 2.31. The van der Waals surface area contributed by atoms with Gasteiger partial charge in [-0.25, -0.2) is 0 Å². The van der Waals surface area contributed by atoms with E-state index in [1.165, 1.54) is 12.8 Å². The molecular formula is C10H19NO. The van der Waals surface area contributed by atoms with Gasteiger partial charge in [-0.2, -0.15) is 0 Å². The minimum absolute atomic E-state index is 0.307. The second-order valence-electron chi connectivity index (χ2n) is 3.97. The van der Waals surface area contributed by atoms with Crippen LogP contribution in [0.2, 0.25) is 0 Å². The molecule has 1 heterocycles. The number of ketones is 1. The first-order valence-corrected chi connectivity index (χ1v) is 4.86. The Morgan fingerprint density at radius 3 is 2.25 bits per heavy atom. The molecule has 0 radical (unpaired) electrons. The van der Waals surface area contributed by atoms with E-state index >= 15 is 0 Å². The Labute approximate surface area is 74.9 Å². The molecule has 0 aromatic rings. The summed E-state index contributed by atoms with van der Waals surface area (Å²) in [4.78, 5) is 13.2. The van der Waals surface area contributed by atoms with Crippen molar-refractivity contribution < 1.29 is 4.79 Å². The Morgan fingerprint density at radius 1 is 1.33 bits per heavy atom. The summed E-state index contributed by atoms with van der Waals surface area (Å²) in [5, 5.41) is 0. The molecule has 2 heteroatoms. The smallest absolute Gasteiger partial charge is 0.131 e. The lowest BCUT2D eigenvalue weighted by molar-refractivity contribution is -0.117. The Hall–Kier alpha value is -0.370. The Kier molecular flexibility index (Phi) is 3.27. The predicted octanol–water partition coefficient (Wildman–Crippen LogP) is 1.84. The molecule has 2 unspecified atom stereocenters. The topological polar surface area (TPSA) is 20.3 Å². The molecule has 0 aliphatic carbocycles. The Bertz CT molecular complexity index is 157. The van der Waals surface area contributed by atoms with Crippen LogP contribution >= 0.6 is 0 Å². The highest BCUT2D eigenvalue weighted by molar-refractivity contribution is 5.75. The number of Topliss-reactive ketones (excluding diaryl/α,β-unsaturated/α-hetero) is 1. The van der Waals surface area contributed by atoms with Gasteiger partial charge < -0.3 is 0 Å². The maximum Gasteiger partial charge on any atom is 0.131 e. The van der Waals surface area contributed by atoms with Crippen LogP contribution in [-0.4, -0.2) is 29.3 Å². The molecule has 70 valence electrons. The van der Waals surface area contributed by atoms with Crippen molar-refractivity contribution in [2.24, 2.45) is 0 Å². The number of nitrogens with zero attached hydrogens (tertiary/aromatic N) is 1. The van der Waals surface area contributed by atoms with E-state index in [4.69, 9.17) is 0 Å². The zero-order valence-corrected chi connectivity index (χ0v) is 8.34. The zero-order chi connectivity index (χ0) is 9.14. The van der Waals surface area contributed by atoms with Crippen LogP contribution in [0.3, 0.4) is 0 Å². The van der Waals surface area contributed by atoms with Crippen LogP contribution < -0.4 is 0 Å². The molecule has 1 aliphatic rings. The van der Waals surface area contributed by atoms with Gasteiger partial charge in [-0.3, -0.25) is 9.69 Å². The van der Waals surface area contributed by atoms with Crippen molar-refractivity contribution in [2.45, 2.75) is 52.1 Å². The summed E-state index contributed by atoms with van der Waals surface area (Å²) in [5.41, 5.74) is 0. The molecule has 0 bridgehead atoms. The Balaban J connectivity index is 2.34. The molecule has 1 aliphatic heterocycles. The fourth-order valence-corrected chi connectivity index (χ4v) is 1.98. The van der Waals surface area contributed by atoms with Crippen LogP contribution in [0, 0.1) is 0 Å². The van der Waals surface area contributed by atoms with Crippen LogP contribution in [0.1, 0.15) is 40.0 Å². The summed E-state index contributed by atoms with van der Waals surface area (Å²) >= 11 is 0. The van der Waals surface area contributed by atoms with Crippen LogP contribution in [0.15, 0.2) is 0 Å². The number of likely N-dealkylation sites (tertiary alicyclic amines) is 1. The molecule has 0 aromatic heterocycles. The number of hydrogen-bond donors (Lipinski definition) is 0. The van der Waals surface area contributed by atoms with Gasteiger partial charge in [0.2, 0.25) is 0 Å². The highest BCUT2D eigenvalue weighted by Crippen LogP contribution is 2.23. The summed E-state index contributed by atoms with van der Waals surface area (Å²) in [6.45, 7) is 7.14. The average Bonchev–Trinajstić information content (AvgIpc) is 2.28. The van der Waals surface area contributed by atoms with Gasteiger partial charge in [-0.15, -0.1) is 0 Å². The fraction of sp³-hybridized carbons (Fsp3) is 0.900. The van der Waals surface area contributed by atoms with Gasteiger partial charge in [0.25, 0.3) is 0 Å². The lowest BCUT2D eigenvalue weighted by Crippen LogP contribution is -2.34. The third-order valence-corrected chi connectivity index (χ3v) is 2.86. The number of rotatable bonds is 3. The van der Waals surface area contributed by atoms with Gasteiger partial charge in [-0.1, -0.05) is 0 Å². The maximum absolute atomic E-state index is 10.8. The first kappa shape index (κ1) is 9.72. The minimum atomic E-state index is 0.307. The van der Waals surface area contributed by atoms with E-state index in [9.17, 15) is 4.79 Å². The monoisotopic (exact) mass is 169 g/mol. The molecule has 1 fully saturated rings. The van der Waals surface area contributed by atoms with Gasteiger partial charge in [0.05, 0.1) is 0 Å². The summed E-state index contributed by atoms with van der Waals surface area (Å²) in [6, 6.07) is 1.36. The van der Waals surface area contributed by atoms with Gasteiger partial charge in [0, 0.05) is 25.0 Å². The van der Waals surface area contributed by atoms with Crippen molar-refractivity contribution in [2.75, 3.05) is 6.54 Å². The quantitative estimate of drug-likeness (QED) is 0.642. The molecule has 1 rings (SSSR count). The minimum Gasteiger partial charge on any atom is -0.300 e. The molecule has 0 amide bonds. The first-order chi connectivity index (χ1) is 5.61. The predicted molar refractivity (Wildman–Crippen MR) is 50.2 cm³/mol. The highest BCUT2D eigenvalue weighted by atomic mass is 16.1. The van der Waals surface area contributed by atoms with Crippen LogP contribution in [0.25, 0.3) is 0 Å². The maximum atomic E-state index is 10.8. The fourth-order valence-electron chi connectivity index (χ4n) is 1.98. The SMILES string of the molecule is CC(=O)CCN1C(C)CCC1C. The third-order valence-electron chi connectivity index (χ3n) is 2.86. The van der Waals surface area contributed by atoms with Crippen LogP contribution in [0.5, 0.6) is 0 Å². The van der Waals surface area contributed by atoms with E-state index in [1.807, 2.05) is 0 Å². The molecule has 2 atom stereocenters. The highest BCUT2D eigenvalue weighted by Gasteiger charge is 2.26. The summed E-state index contributed by atoms with van der Waals surface area (Å²) in [5.74, 6) is 0.307. The summed E-state index contributed by atoms with van der Waals surface area (Å²) in [7, 11) is 0. The summed E-state index contributed by atoms with van der Waals surface area (Å²) in [6.07, 6.45) is 3.30. The normalized spacial score (nSPS) is 30.9. The van der Waals surface area contributed by atoms with Crippen LogP contribution in [-0.2, 0) is 4.79 Å². The van der Waals surface area contributed by atoms with Crippen molar-refractivity contribution >= 4 is 5.78 Å². The average molecular weight is 169 g/mol. The number of carbonyl (C=O) groups is 1. The molecule has 12 heavy (non-hydrogen) atoms. The van der Waals surface area contributed by atoms with E-state index < -0.39 is 0 Å². The summed E-state index contributed by atoms with van der Waals surface area (Å²) < 4.78 is 0. The molecule has 1 saturated heterocycles. The molecule has 0 spiro atoms. The zero-order valence-electron chi connectivity index (χ0n) is 8.34. The van der Waals surface area contributed by atoms with Gasteiger partial charge in [-0.05, 0) is 33.6 Å². The second-order valence-corrected chi connectivity index (χ2v) is 3.97. The van der Waals surface area contributed by atoms with Crippen molar-refractivity contribution in [3.8, 4) is 0 Å². The molecule has 0 aromatic carbocycles. The van der Waals surface area contributed by atoms with Gasteiger partial charge >= 0.3 is 0 Å². The molecule has 0 N–H and O–H groups in total. The Morgan fingerprint density at radius 2 is 1.83 bits per heavy atom. The van der Waals surface area contributed by atoms with Crippen molar-refractivity contribution in [1.29, 1.82) is 0 Å². The van der Waals surface area contributed by atoms with Crippen LogP contribution in [0.4, 0.5) is 0 Å².